The van der Waals surface area contributed by atoms with Crippen LogP contribution in [-0.4, -0.2) is 76.8 Å². The number of aromatic nitrogens is 1. The third-order valence-electron chi connectivity index (χ3n) is 7.57. The van der Waals surface area contributed by atoms with Crippen LogP contribution in [0.5, 0.6) is 0 Å². The van der Waals surface area contributed by atoms with E-state index in [1.54, 1.807) is 18.2 Å². The number of amides is 1. The fourth-order valence-corrected chi connectivity index (χ4v) is 6.36. The van der Waals surface area contributed by atoms with Crippen molar-refractivity contribution in [1.82, 2.24) is 20.1 Å². The van der Waals surface area contributed by atoms with Crippen LogP contribution in [0.15, 0.2) is 36.5 Å². The molecule has 4 atom stereocenters. The van der Waals surface area contributed by atoms with Crippen LogP contribution in [0.2, 0.25) is 10.0 Å². The Morgan fingerprint density at radius 3 is 2.58 bits per heavy atom. The number of nitrogens with zero attached hydrogens (tertiary/aromatic N) is 4. The first kappa shape index (κ1) is 29.3. The van der Waals surface area contributed by atoms with E-state index in [-0.39, 0.29) is 23.4 Å². The summed E-state index contributed by atoms with van der Waals surface area (Å²) in [6.07, 6.45) is 1.18. The number of likely N-dealkylation sites (tertiary alicyclic amines) is 1. The molecule has 6 nitrogen and oxygen atoms in total. The molecule has 0 bridgehead atoms. The van der Waals surface area contributed by atoms with E-state index >= 15 is 0 Å². The van der Waals surface area contributed by atoms with Crippen LogP contribution < -0.4 is 10.2 Å². The van der Waals surface area contributed by atoms with Crippen molar-refractivity contribution in [3.8, 4) is 0 Å². The highest BCUT2D eigenvalue weighted by Gasteiger charge is 2.42. The van der Waals surface area contributed by atoms with Crippen molar-refractivity contribution in [2.24, 2.45) is 0 Å². The molecule has 208 valence electrons. The molecule has 11 heteroatoms. The van der Waals surface area contributed by atoms with E-state index in [1.165, 1.54) is 6.20 Å². The van der Waals surface area contributed by atoms with Crippen molar-refractivity contribution in [2.75, 3.05) is 31.1 Å². The number of piperidine rings is 1. The molecule has 1 amide bonds. The lowest BCUT2D eigenvalue weighted by Crippen LogP contribution is -2.62. The quantitative estimate of drug-likeness (QED) is 0.395. The number of hydrogen-bond acceptors (Lipinski definition) is 6. The molecule has 4 rings (SSSR count). The molecule has 2 unspecified atom stereocenters. The first-order chi connectivity index (χ1) is 18.2. The van der Waals surface area contributed by atoms with Gasteiger partial charge in [0.2, 0.25) is 0 Å². The van der Waals surface area contributed by atoms with Gasteiger partial charge in [-0.25, -0.2) is 13.8 Å². The summed E-state index contributed by atoms with van der Waals surface area (Å²) < 4.78 is 28.5. The van der Waals surface area contributed by atoms with E-state index in [9.17, 15) is 13.6 Å². The standard InChI is InChI=1S/C27H35Cl2F2N5OS/c1-3-20-15-36(26-22(29)11-18(13-33-26)27(37)32-4-2)24(38)16-35(20)21-9-10-34(23(12-21)25(30)31)14-17-5-7-19(28)8-6-17/h5-8,11,13,20-21,23-25,38H,3-4,9-10,12,14-16H2,1-2H3,(H,32,37)/t20-,21?,23?,24+/m0/s1. The second-order valence-corrected chi connectivity index (χ2v) is 11.4. The predicted molar refractivity (Wildman–Crippen MR) is 153 cm³/mol. The van der Waals surface area contributed by atoms with Gasteiger partial charge in [-0.3, -0.25) is 14.6 Å². The van der Waals surface area contributed by atoms with Crippen LogP contribution in [0.3, 0.4) is 0 Å². The second-order valence-electron chi connectivity index (χ2n) is 9.96. The van der Waals surface area contributed by atoms with Crippen LogP contribution in [0.4, 0.5) is 14.6 Å². The summed E-state index contributed by atoms with van der Waals surface area (Å²) in [6.45, 7) is 6.80. The largest absolute Gasteiger partial charge is 0.352 e. The third kappa shape index (κ3) is 6.73. The van der Waals surface area contributed by atoms with Crippen LogP contribution in [-0.2, 0) is 6.54 Å². The molecule has 1 aromatic carbocycles. The van der Waals surface area contributed by atoms with Gasteiger partial charge in [-0.15, -0.1) is 0 Å². The number of nitrogens with one attached hydrogen (secondary N) is 1. The van der Waals surface area contributed by atoms with Gasteiger partial charge >= 0.3 is 0 Å². The maximum atomic E-state index is 14.2. The van der Waals surface area contributed by atoms with Crippen LogP contribution in [0.25, 0.3) is 0 Å². The number of benzene rings is 1. The minimum absolute atomic E-state index is 0.0424. The van der Waals surface area contributed by atoms with Gasteiger partial charge in [0.15, 0.2) is 0 Å². The van der Waals surface area contributed by atoms with Crippen molar-refractivity contribution < 1.29 is 13.6 Å². The lowest BCUT2D eigenvalue weighted by atomic mass is 9.92. The van der Waals surface area contributed by atoms with Crippen LogP contribution in [0.1, 0.15) is 49.0 Å². The molecule has 38 heavy (non-hydrogen) atoms. The summed E-state index contributed by atoms with van der Waals surface area (Å²) in [5.41, 5.74) is 1.39. The summed E-state index contributed by atoms with van der Waals surface area (Å²) in [5, 5.41) is 3.57. The molecule has 0 aliphatic carbocycles. The van der Waals surface area contributed by atoms with Crippen molar-refractivity contribution in [1.29, 1.82) is 0 Å². The van der Waals surface area contributed by atoms with Crippen molar-refractivity contribution in [3.05, 3.63) is 57.7 Å². The molecular weight excluding hydrogens is 551 g/mol. The third-order valence-corrected chi connectivity index (χ3v) is 8.54. The smallest absolute Gasteiger partial charge is 0.253 e. The Morgan fingerprint density at radius 1 is 1.21 bits per heavy atom. The number of carbonyl (C=O) groups is 1. The topological polar surface area (TPSA) is 51.7 Å². The molecule has 2 aromatic rings. The van der Waals surface area contributed by atoms with Gasteiger partial charge in [-0.2, -0.15) is 12.6 Å². The zero-order valence-corrected chi connectivity index (χ0v) is 24.1. The van der Waals surface area contributed by atoms with Crippen LogP contribution in [0, 0.1) is 0 Å². The Kier molecular flexibility index (Phi) is 10.1. The molecule has 3 heterocycles. The molecule has 2 aliphatic rings. The summed E-state index contributed by atoms with van der Waals surface area (Å²) in [5.74, 6) is 0.365. The van der Waals surface area contributed by atoms with Gasteiger partial charge in [0.25, 0.3) is 12.3 Å². The average Bonchev–Trinajstić information content (AvgIpc) is 2.90. The van der Waals surface area contributed by atoms with Gasteiger partial charge in [0, 0.05) is 56.0 Å². The normalized spacial score (nSPS) is 25.1. The van der Waals surface area contributed by atoms with Gasteiger partial charge in [-0.1, -0.05) is 42.3 Å². The summed E-state index contributed by atoms with van der Waals surface area (Å²) in [4.78, 5) is 23.0. The molecule has 0 spiro atoms. The van der Waals surface area contributed by atoms with Gasteiger partial charge in [0.1, 0.15) is 5.82 Å². The predicted octanol–water partition coefficient (Wildman–Crippen LogP) is 5.59. The minimum atomic E-state index is -2.43. The number of alkyl halides is 2. The van der Waals surface area contributed by atoms with Crippen LogP contribution >= 0.6 is 35.8 Å². The molecular formula is C27H35Cl2F2N5OS. The number of hydrogen-bond donors (Lipinski definition) is 2. The lowest BCUT2D eigenvalue weighted by molar-refractivity contribution is -0.0374. The number of carbonyl (C=O) groups excluding carboxylic acids is 1. The molecule has 0 radical (unpaired) electrons. The summed E-state index contributed by atoms with van der Waals surface area (Å²) in [6, 6.07) is 8.41. The monoisotopic (exact) mass is 585 g/mol. The van der Waals surface area contributed by atoms with Crippen molar-refractivity contribution >= 4 is 47.6 Å². The van der Waals surface area contributed by atoms with Crippen molar-refractivity contribution in [2.45, 2.75) is 69.6 Å². The van der Waals surface area contributed by atoms with Gasteiger partial charge < -0.3 is 10.2 Å². The number of thiol groups is 1. The van der Waals surface area contributed by atoms with Gasteiger partial charge in [0.05, 0.1) is 22.0 Å². The first-order valence-electron chi connectivity index (χ1n) is 13.1. The fourth-order valence-electron chi connectivity index (χ4n) is 5.57. The molecule has 0 saturated carbocycles. The van der Waals surface area contributed by atoms with E-state index in [1.807, 2.05) is 24.0 Å². The Hall–Kier alpha value is -1.65. The summed E-state index contributed by atoms with van der Waals surface area (Å²) >= 11 is 17.4. The molecule has 1 N–H and O–H groups in total. The Morgan fingerprint density at radius 2 is 1.95 bits per heavy atom. The lowest BCUT2D eigenvalue weighted by Gasteiger charge is -2.51. The molecule has 2 saturated heterocycles. The van der Waals surface area contributed by atoms with E-state index in [0.717, 1.165) is 18.4 Å². The zero-order valence-electron chi connectivity index (χ0n) is 21.7. The SMILES string of the molecule is CCNC(=O)c1cnc(N2C[C@H](CC)N(C3CCN(Cc4ccc(Cl)cc4)C(C(F)F)C3)C[C@H]2S)c(Cl)c1. The number of halogens is 4. The van der Waals surface area contributed by atoms with E-state index in [4.69, 9.17) is 35.8 Å². The van der Waals surface area contributed by atoms with E-state index in [2.05, 4.69) is 27.0 Å². The Bertz CT molecular complexity index is 1100. The molecule has 2 aliphatic heterocycles. The zero-order chi connectivity index (χ0) is 27.4. The Labute approximate surface area is 239 Å². The second kappa shape index (κ2) is 13.1. The van der Waals surface area contributed by atoms with Gasteiger partial charge in [-0.05, 0) is 49.9 Å². The Balaban J connectivity index is 1.45. The number of pyridine rings is 1. The fraction of sp³-hybridized carbons (Fsp3) is 0.556. The maximum absolute atomic E-state index is 14.2. The highest BCUT2D eigenvalue weighted by Crippen LogP contribution is 2.35. The highest BCUT2D eigenvalue weighted by molar-refractivity contribution is 7.81. The first-order valence-corrected chi connectivity index (χ1v) is 14.4. The van der Waals surface area contributed by atoms with E-state index < -0.39 is 12.5 Å². The average molecular weight is 587 g/mol. The number of rotatable bonds is 8. The maximum Gasteiger partial charge on any atom is 0.253 e. The number of anilines is 1. The van der Waals surface area contributed by atoms with E-state index in [0.29, 0.717) is 60.6 Å². The molecule has 1 aromatic heterocycles. The summed E-state index contributed by atoms with van der Waals surface area (Å²) in [7, 11) is 0. The highest BCUT2D eigenvalue weighted by atomic mass is 35.5. The number of piperazine rings is 1. The molecule has 2 fully saturated rings. The van der Waals surface area contributed by atoms with Crippen molar-refractivity contribution in [3.63, 3.8) is 0 Å². The minimum Gasteiger partial charge on any atom is -0.352 e.